The van der Waals surface area contributed by atoms with Crippen LogP contribution in [0.25, 0.3) is 0 Å². The highest BCUT2D eigenvalue weighted by Gasteiger charge is 2.52. The summed E-state index contributed by atoms with van der Waals surface area (Å²) in [5.41, 5.74) is 1.03. The van der Waals surface area contributed by atoms with Crippen LogP contribution in [0.15, 0.2) is 11.6 Å². The maximum absolute atomic E-state index is 12.4. The average Bonchev–Trinajstić information content (AvgIpc) is 2.49. The summed E-state index contributed by atoms with van der Waals surface area (Å²) in [7, 11) is 1.49. The standard InChI is InChI=1S/C19H30O3/c1-13-8-9-16-15(18(13,3)12-10-14(2)20)7-6-11-19(16,4)17(21)22-5/h7,13,16H,6,8-12H2,1-5H3/t13-,16+,18+,19+/m1/s1. The Labute approximate surface area is 134 Å². The molecule has 0 aromatic heterocycles. The highest BCUT2D eigenvalue weighted by molar-refractivity contribution is 5.78. The van der Waals surface area contributed by atoms with Crippen LogP contribution in [0, 0.1) is 22.7 Å². The van der Waals surface area contributed by atoms with Crippen molar-refractivity contribution in [3.05, 3.63) is 11.6 Å². The zero-order chi connectivity index (χ0) is 16.5. The number of hydrogen-bond donors (Lipinski definition) is 0. The minimum Gasteiger partial charge on any atom is -0.469 e. The number of allylic oxidation sites excluding steroid dienone is 2. The Morgan fingerprint density at radius 3 is 2.59 bits per heavy atom. The molecule has 22 heavy (non-hydrogen) atoms. The van der Waals surface area contributed by atoms with E-state index in [2.05, 4.69) is 26.8 Å². The number of ketones is 1. The number of methoxy groups -OCH3 is 1. The second-order valence-corrected chi connectivity index (χ2v) is 7.76. The third-order valence-electron chi connectivity index (χ3n) is 6.46. The smallest absolute Gasteiger partial charge is 0.312 e. The number of carbonyl (C=O) groups excluding carboxylic acids is 2. The van der Waals surface area contributed by atoms with Crippen LogP contribution in [0.1, 0.15) is 66.2 Å². The summed E-state index contributed by atoms with van der Waals surface area (Å²) in [6.07, 6.45) is 7.83. The van der Waals surface area contributed by atoms with Gasteiger partial charge in [0.25, 0.3) is 0 Å². The van der Waals surface area contributed by atoms with Gasteiger partial charge in [0.05, 0.1) is 12.5 Å². The molecule has 124 valence electrons. The predicted molar refractivity (Wildman–Crippen MR) is 87.4 cm³/mol. The second-order valence-electron chi connectivity index (χ2n) is 7.76. The van der Waals surface area contributed by atoms with E-state index in [0.717, 1.165) is 32.1 Å². The van der Waals surface area contributed by atoms with Gasteiger partial charge in [0.1, 0.15) is 5.78 Å². The summed E-state index contributed by atoms with van der Waals surface area (Å²) in [6, 6.07) is 0. The van der Waals surface area contributed by atoms with Gasteiger partial charge in [-0.05, 0) is 63.2 Å². The van der Waals surface area contributed by atoms with Crippen LogP contribution < -0.4 is 0 Å². The molecular weight excluding hydrogens is 276 g/mol. The van der Waals surface area contributed by atoms with Crippen molar-refractivity contribution >= 4 is 11.8 Å². The molecule has 0 aromatic rings. The largest absolute Gasteiger partial charge is 0.469 e. The molecule has 4 atom stereocenters. The fourth-order valence-corrected chi connectivity index (χ4v) is 4.62. The quantitative estimate of drug-likeness (QED) is 0.574. The predicted octanol–water partition coefficient (Wildman–Crippen LogP) is 4.31. The highest BCUT2D eigenvalue weighted by atomic mass is 16.5. The van der Waals surface area contributed by atoms with Crippen molar-refractivity contribution < 1.29 is 14.3 Å². The molecule has 2 rings (SSSR count). The van der Waals surface area contributed by atoms with E-state index in [1.54, 1.807) is 6.92 Å². The summed E-state index contributed by atoms with van der Waals surface area (Å²) in [4.78, 5) is 23.9. The van der Waals surface area contributed by atoms with Crippen molar-refractivity contribution in [1.29, 1.82) is 0 Å². The summed E-state index contributed by atoms with van der Waals surface area (Å²) in [5.74, 6) is 0.991. The van der Waals surface area contributed by atoms with Crippen molar-refractivity contribution in [2.45, 2.75) is 66.2 Å². The van der Waals surface area contributed by atoms with Gasteiger partial charge >= 0.3 is 5.97 Å². The zero-order valence-electron chi connectivity index (χ0n) is 14.7. The third-order valence-corrected chi connectivity index (χ3v) is 6.46. The lowest BCUT2D eigenvalue weighted by atomic mass is 9.51. The SMILES string of the molecule is COC(=O)[C@@]1(C)CCC=C2[C@@H]1CC[C@@H](C)[C@]2(C)CCC(C)=O. The molecule has 0 heterocycles. The monoisotopic (exact) mass is 306 g/mol. The minimum absolute atomic E-state index is 0.0320. The number of fused-ring (bicyclic) bond motifs is 1. The van der Waals surface area contributed by atoms with E-state index in [-0.39, 0.29) is 23.1 Å². The topological polar surface area (TPSA) is 43.4 Å². The van der Waals surface area contributed by atoms with E-state index in [0.29, 0.717) is 12.3 Å². The molecule has 0 radical (unpaired) electrons. The molecule has 0 saturated heterocycles. The Balaban J connectivity index is 2.36. The molecule has 0 bridgehead atoms. The minimum atomic E-state index is -0.406. The number of carbonyl (C=O) groups is 2. The van der Waals surface area contributed by atoms with E-state index >= 15 is 0 Å². The van der Waals surface area contributed by atoms with Crippen LogP contribution >= 0.6 is 0 Å². The van der Waals surface area contributed by atoms with Gasteiger partial charge < -0.3 is 9.53 Å². The molecule has 2 aliphatic carbocycles. The van der Waals surface area contributed by atoms with E-state index in [4.69, 9.17) is 4.74 Å². The fourth-order valence-electron chi connectivity index (χ4n) is 4.62. The van der Waals surface area contributed by atoms with Crippen LogP contribution in [0.5, 0.6) is 0 Å². The van der Waals surface area contributed by atoms with Gasteiger partial charge in [0.15, 0.2) is 0 Å². The molecular formula is C19H30O3. The van der Waals surface area contributed by atoms with E-state index in [9.17, 15) is 9.59 Å². The van der Waals surface area contributed by atoms with Gasteiger partial charge in [-0.2, -0.15) is 0 Å². The summed E-state index contributed by atoms with van der Waals surface area (Å²) < 4.78 is 5.11. The van der Waals surface area contributed by atoms with Crippen LogP contribution in [0.2, 0.25) is 0 Å². The number of esters is 1. The Kier molecular flexibility index (Phi) is 4.84. The summed E-state index contributed by atoms with van der Waals surface area (Å²) in [6.45, 7) is 8.32. The van der Waals surface area contributed by atoms with Crippen LogP contribution in [-0.4, -0.2) is 18.9 Å². The lowest BCUT2D eigenvalue weighted by molar-refractivity contribution is -0.156. The third kappa shape index (κ3) is 2.75. The first kappa shape index (κ1) is 17.2. The lowest BCUT2D eigenvalue weighted by Crippen LogP contribution is -2.47. The maximum Gasteiger partial charge on any atom is 0.312 e. The van der Waals surface area contributed by atoms with E-state index in [1.165, 1.54) is 12.7 Å². The maximum atomic E-state index is 12.4. The van der Waals surface area contributed by atoms with Gasteiger partial charge in [-0.25, -0.2) is 0 Å². The molecule has 0 unspecified atom stereocenters. The van der Waals surface area contributed by atoms with Gasteiger partial charge in [0, 0.05) is 6.42 Å². The first-order valence-corrected chi connectivity index (χ1v) is 8.54. The first-order chi connectivity index (χ1) is 10.3. The Hall–Kier alpha value is -1.12. The average molecular weight is 306 g/mol. The van der Waals surface area contributed by atoms with Crippen LogP contribution in [-0.2, 0) is 14.3 Å². The van der Waals surface area contributed by atoms with Gasteiger partial charge in [-0.3, -0.25) is 4.79 Å². The van der Waals surface area contributed by atoms with Gasteiger partial charge in [-0.1, -0.05) is 25.5 Å². The molecule has 2 aliphatic rings. The number of rotatable bonds is 4. The second kappa shape index (κ2) is 6.17. The molecule has 0 amide bonds. The summed E-state index contributed by atoms with van der Waals surface area (Å²) >= 11 is 0. The molecule has 1 saturated carbocycles. The van der Waals surface area contributed by atoms with Crippen LogP contribution in [0.3, 0.4) is 0 Å². The molecule has 0 aromatic carbocycles. The van der Waals surface area contributed by atoms with Crippen molar-refractivity contribution in [2.75, 3.05) is 7.11 Å². The molecule has 0 aliphatic heterocycles. The van der Waals surface area contributed by atoms with Crippen LogP contribution in [0.4, 0.5) is 0 Å². The lowest BCUT2D eigenvalue weighted by Gasteiger charge is -2.52. The Bertz CT molecular complexity index is 493. The molecule has 0 spiro atoms. The Morgan fingerprint density at radius 2 is 2.00 bits per heavy atom. The normalized spacial score (nSPS) is 38.0. The molecule has 3 nitrogen and oxygen atoms in total. The fraction of sp³-hybridized carbons (Fsp3) is 0.789. The van der Waals surface area contributed by atoms with E-state index < -0.39 is 5.41 Å². The number of ether oxygens (including phenoxy) is 1. The number of hydrogen-bond acceptors (Lipinski definition) is 3. The van der Waals surface area contributed by atoms with Crippen molar-refractivity contribution in [2.24, 2.45) is 22.7 Å². The van der Waals surface area contributed by atoms with Crippen molar-refractivity contribution in [3.8, 4) is 0 Å². The molecule has 3 heteroatoms. The number of Topliss-reactive ketones (excluding diaryl/α,β-unsaturated/α-hetero) is 1. The van der Waals surface area contributed by atoms with Gasteiger partial charge in [0.2, 0.25) is 0 Å². The summed E-state index contributed by atoms with van der Waals surface area (Å²) in [5, 5.41) is 0. The Morgan fingerprint density at radius 1 is 1.32 bits per heavy atom. The van der Waals surface area contributed by atoms with E-state index in [1.807, 2.05) is 0 Å². The first-order valence-electron chi connectivity index (χ1n) is 8.54. The zero-order valence-corrected chi connectivity index (χ0v) is 14.7. The van der Waals surface area contributed by atoms with Crippen molar-refractivity contribution in [1.82, 2.24) is 0 Å². The highest BCUT2D eigenvalue weighted by Crippen LogP contribution is 2.58. The van der Waals surface area contributed by atoms with Crippen molar-refractivity contribution in [3.63, 3.8) is 0 Å². The van der Waals surface area contributed by atoms with Gasteiger partial charge in [-0.15, -0.1) is 0 Å². The molecule has 0 N–H and O–H groups in total. The molecule has 1 fully saturated rings.